The van der Waals surface area contributed by atoms with E-state index in [2.05, 4.69) is 4.98 Å². The average molecular weight is 354 g/mol. The summed E-state index contributed by atoms with van der Waals surface area (Å²) in [4.78, 5) is 19.5. The third kappa shape index (κ3) is 3.21. The molecule has 0 unspecified atom stereocenters. The first-order valence-corrected chi connectivity index (χ1v) is 9.55. The number of nitrogens with zero attached hydrogens (tertiary/aromatic N) is 2. The topological polar surface area (TPSA) is 51.7 Å². The van der Waals surface area contributed by atoms with Crippen LogP contribution in [0.15, 0.2) is 36.5 Å². The van der Waals surface area contributed by atoms with E-state index in [0.717, 1.165) is 48.9 Å². The van der Waals surface area contributed by atoms with Gasteiger partial charge in [-0.05, 0) is 50.5 Å². The lowest BCUT2D eigenvalue weighted by atomic mass is 9.73. The number of likely N-dealkylation sites (tertiary alicyclic amines) is 1. The van der Waals surface area contributed by atoms with E-state index < -0.39 is 0 Å². The Morgan fingerprint density at radius 2 is 2.35 bits per heavy atom. The first-order chi connectivity index (χ1) is 12.7. The van der Waals surface area contributed by atoms with E-state index in [4.69, 9.17) is 9.47 Å². The highest BCUT2D eigenvalue weighted by Gasteiger charge is 2.47. The number of ether oxygens (including phenoxy) is 2. The fourth-order valence-corrected chi connectivity index (χ4v) is 4.37. The number of pyridine rings is 1. The molecule has 1 aromatic heterocycles. The summed E-state index contributed by atoms with van der Waals surface area (Å²) in [5, 5.41) is 0.998. The van der Waals surface area contributed by atoms with Crippen molar-refractivity contribution in [3.05, 3.63) is 42.1 Å². The zero-order valence-corrected chi connectivity index (χ0v) is 15.3. The molecule has 5 heteroatoms. The van der Waals surface area contributed by atoms with Crippen molar-refractivity contribution < 1.29 is 14.3 Å². The van der Waals surface area contributed by atoms with E-state index in [9.17, 15) is 4.79 Å². The second kappa shape index (κ2) is 7.33. The quantitative estimate of drug-likeness (QED) is 0.845. The highest BCUT2D eigenvalue weighted by molar-refractivity contribution is 5.98. The summed E-state index contributed by atoms with van der Waals surface area (Å²) in [5.74, 6) is 0.0932. The molecule has 4 rings (SSSR count). The third-order valence-corrected chi connectivity index (χ3v) is 5.72. The molecule has 2 fully saturated rings. The van der Waals surface area contributed by atoms with Crippen LogP contribution in [0.4, 0.5) is 0 Å². The average Bonchev–Trinajstić information content (AvgIpc) is 2.71. The van der Waals surface area contributed by atoms with E-state index in [1.807, 2.05) is 42.2 Å². The number of hydrogen-bond donors (Lipinski definition) is 0. The van der Waals surface area contributed by atoms with Crippen molar-refractivity contribution in [1.82, 2.24) is 9.88 Å². The van der Waals surface area contributed by atoms with Gasteiger partial charge in [0.15, 0.2) is 0 Å². The van der Waals surface area contributed by atoms with E-state index >= 15 is 0 Å². The van der Waals surface area contributed by atoms with Crippen LogP contribution >= 0.6 is 0 Å². The van der Waals surface area contributed by atoms with Gasteiger partial charge in [0.05, 0.1) is 18.2 Å². The number of hydrogen-bond acceptors (Lipinski definition) is 4. The van der Waals surface area contributed by atoms with Crippen LogP contribution in [0.3, 0.4) is 0 Å². The van der Waals surface area contributed by atoms with Gasteiger partial charge in [0.2, 0.25) is 0 Å². The summed E-state index contributed by atoms with van der Waals surface area (Å²) in [6.45, 7) is 5.65. The highest BCUT2D eigenvalue weighted by atomic mass is 16.5. The summed E-state index contributed by atoms with van der Waals surface area (Å²) in [7, 11) is 0. The molecule has 0 N–H and O–H groups in total. The van der Waals surface area contributed by atoms with E-state index in [0.29, 0.717) is 19.8 Å². The van der Waals surface area contributed by atoms with Crippen LogP contribution in [0, 0.1) is 5.41 Å². The van der Waals surface area contributed by atoms with Crippen molar-refractivity contribution in [1.29, 1.82) is 0 Å². The van der Waals surface area contributed by atoms with Gasteiger partial charge in [-0.2, -0.15) is 0 Å². The maximum absolute atomic E-state index is 13.2. The SMILES string of the molecule is CCOC[C@@]12CCCO[C@@H]1CCN(C(=O)c1ccc3ncccc3c1)C2. The minimum atomic E-state index is -0.0689. The molecule has 1 aromatic carbocycles. The van der Waals surface area contributed by atoms with Crippen molar-refractivity contribution in [3.8, 4) is 0 Å². The molecule has 2 aromatic rings. The predicted octanol–water partition coefficient (Wildman–Crippen LogP) is 3.28. The first-order valence-electron chi connectivity index (χ1n) is 9.55. The number of aromatic nitrogens is 1. The molecule has 0 aliphatic carbocycles. The molecular formula is C21H26N2O3. The fourth-order valence-electron chi connectivity index (χ4n) is 4.37. The number of rotatable bonds is 4. The molecule has 138 valence electrons. The van der Waals surface area contributed by atoms with Gasteiger partial charge < -0.3 is 14.4 Å². The minimum Gasteiger partial charge on any atom is -0.381 e. The molecular weight excluding hydrogens is 328 g/mol. The van der Waals surface area contributed by atoms with E-state index in [1.54, 1.807) is 6.20 Å². The van der Waals surface area contributed by atoms with E-state index in [1.165, 1.54) is 0 Å². The highest BCUT2D eigenvalue weighted by Crippen LogP contribution is 2.40. The number of amides is 1. The van der Waals surface area contributed by atoms with Crippen molar-refractivity contribution in [2.45, 2.75) is 32.3 Å². The number of fused-ring (bicyclic) bond motifs is 2. The Balaban J connectivity index is 1.57. The van der Waals surface area contributed by atoms with Gasteiger partial charge in [0.25, 0.3) is 5.91 Å². The van der Waals surface area contributed by atoms with Crippen molar-refractivity contribution in [3.63, 3.8) is 0 Å². The monoisotopic (exact) mass is 354 g/mol. The Morgan fingerprint density at radius 1 is 1.42 bits per heavy atom. The van der Waals surface area contributed by atoms with Crippen LogP contribution in [0.2, 0.25) is 0 Å². The molecule has 26 heavy (non-hydrogen) atoms. The third-order valence-electron chi connectivity index (χ3n) is 5.72. The molecule has 2 saturated heterocycles. The van der Waals surface area contributed by atoms with Crippen molar-refractivity contribution in [2.24, 2.45) is 5.41 Å². The van der Waals surface area contributed by atoms with Crippen LogP contribution < -0.4 is 0 Å². The zero-order chi connectivity index (χ0) is 18.0. The normalized spacial score (nSPS) is 25.9. The standard InChI is InChI=1S/C21H26N2O3/c1-2-25-15-21-9-4-12-26-19(21)8-11-23(14-21)20(24)17-6-7-18-16(13-17)5-3-10-22-18/h3,5-7,10,13,19H,2,4,8-9,11-12,14-15H2,1H3/t19-,21+/m1/s1. The minimum absolute atomic E-state index is 0.0689. The van der Waals surface area contributed by atoms with Crippen LogP contribution in [-0.4, -0.2) is 54.8 Å². The van der Waals surface area contributed by atoms with Gasteiger partial charge >= 0.3 is 0 Å². The Morgan fingerprint density at radius 3 is 3.23 bits per heavy atom. The molecule has 5 nitrogen and oxygen atoms in total. The Bertz CT molecular complexity index is 794. The van der Waals surface area contributed by atoms with Gasteiger partial charge in [0, 0.05) is 48.9 Å². The van der Waals surface area contributed by atoms with Gasteiger partial charge in [0.1, 0.15) is 0 Å². The van der Waals surface area contributed by atoms with Gasteiger partial charge in [-0.1, -0.05) is 6.07 Å². The molecule has 2 aliphatic heterocycles. The molecule has 0 saturated carbocycles. The summed E-state index contributed by atoms with van der Waals surface area (Å²) >= 11 is 0. The largest absolute Gasteiger partial charge is 0.381 e. The van der Waals surface area contributed by atoms with E-state index in [-0.39, 0.29) is 17.4 Å². The second-order valence-electron chi connectivity index (χ2n) is 7.39. The zero-order valence-electron chi connectivity index (χ0n) is 15.3. The van der Waals surface area contributed by atoms with Gasteiger partial charge in [-0.3, -0.25) is 9.78 Å². The number of carbonyl (C=O) groups excluding carboxylic acids is 1. The molecule has 2 aliphatic rings. The number of carbonyl (C=O) groups is 1. The summed E-state index contributed by atoms with van der Waals surface area (Å²) in [5.41, 5.74) is 1.57. The predicted molar refractivity (Wildman–Crippen MR) is 100 cm³/mol. The lowest BCUT2D eigenvalue weighted by molar-refractivity contribution is -0.146. The van der Waals surface area contributed by atoms with Crippen molar-refractivity contribution in [2.75, 3.05) is 32.9 Å². The summed E-state index contributed by atoms with van der Waals surface area (Å²) in [6.07, 6.45) is 4.95. The van der Waals surface area contributed by atoms with Crippen LogP contribution in [0.25, 0.3) is 10.9 Å². The van der Waals surface area contributed by atoms with Crippen molar-refractivity contribution >= 4 is 16.8 Å². The lowest BCUT2D eigenvalue weighted by Crippen LogP contribution is -2.58. The van der Waals surface area contributed by atoms with Gasteiger partial charge in [-0.25, -0.2) is 0 Å². The molecule has 0 radical (unpaired) electrons. The number of piperidine rings is 1. The fraction of sp³-hybridized carbons (Fsp3) is 0.524. The first kappa shape index (κ1) is 17.4. The maximum Gasteiger partial charge on any atom is 0.253 e. The second-order valence-corrected chi connectivity index (χ2v) is 7.39. The number of benzene rings is 1. The van der Waals surface area contributed by atoms with Gasteiger partial charge in [-0.15, -0.1) is 0 Å². The Hall–Kier alpha value is -1.98. The Labute approximate surface area is 154 Å². The molecule has 1 amide bonds. The summed E-state index contributed by atoms with van der Waals surface area (Å²) < 4.78 is 11.8. The Kier molecular flexibility index (Phi) is 4.92. The molecule has 0 bridgehead atoms. The lowest BCUT2D eigenvalue weighted by Gasteiger charge is -2.50. The van der Waals surface area contributed by atoms with Crippen LogP contribution in [0.1, 0.15) is 36.5 Å². The summed E-state index contributed by atoms with van der Waals surface area (Å²) in [6, 6.07) is 9.66. The molecule has 0 spiro atoms. The smallest absolute Gasteiger partial charge is 0.253 e. The molecule has 3 heterocycles. The maximum atomic E-state index is 13.2. The molecule has 2 atom stereocenters. The van der Waals surface area contributed by atoms with Crippen LogP contribution in [0.5, 0.6) is 0 Å². The van der Waals surface area contributed by atoms with Crippen LogP contribution in [-0.2, 0) is 9.47 Å².